The van der Waals surface area contributed by atoms with Gasteiger partial charge < -0.3 is 5.11 Å². The quantitative estimate of drug-likeness (QED) is 0.531. The first kappa shape index (κ1) is 18.0. The van der Waals surface area contributed by atoms with E-state index in [4.69, 9.17) is 15.9 Å². The highest BCUT2D eigenvalue weighted by Gasteiger charge is 2.14. The highest BCUT2D eigenvalue weighted by atomic mass is 16.3. The van der Waals surface area contributed by atoms with Gasteiger partial charge >= 0.3 is 0 Å². The zero-order valence-electron chi connectivity index (χ0n) is 14.7. The zero-order chi connectivity index (χ0) is 17.7. The van der Waals surface area contributed by atoms with E-state index >= 15 is 0 Å². The van der Waals surface area contributed by atoms with Gasteiger partial charge in [0.05, 0.1) is 6.20 Å². The fraction of sp³-hybridized carbons (Fsp3) is 0.400. The number of rotatable bonds is 1. The van der Waals surface area contributed by atoms with E-state index in [-0.39, 0.29) is 17.2 Å². The number of aromatic hydroxyl groups is 1. The molecule has 0 saturated heterocycles. The fourth-order valence-corrected chi connectivity index (χ4v) is 2.96. The summed E-state index contributed by atoms with van der Waals surface area (Å²) in [6.07, 6.45) is 5.42. The lowest BCUT2D eigenvalue weighted by Gasteiger charge is -2.21. The van der Waals surface area contributed by atoms with Crippen LogP contribution in [0, 0.1) is 16.7 Å². The Morgan fingerprint density at radius 2 is 1.92 bits per heavy atom. The SMILES string of the molecule is CC(C)C(=N)n1cc(O)ccc1=N.CC1CCCc2ccccc21. The maximum Gasteiger partial charge on any atom is 0.132 e. The molecule has 3 rings (SSSR count). The number of hydrogen-bond acceptors (Lipinski definition) is 3. The topological polar surface area (TPSA) is 72.9 Å². The lowest BCUT2D eigenvalue weighted by molar-refractivity contribution is 0.469. The second-order valence-electron chi connectivity index (χ2n) is 6.67. The van der Waals surface area contributed by atoms with Crippen molar-refractivity contribution in [1.82, 2.24) is 4.57 Å². The lowest BCUT2D eigenvalue weighted by Crippen LogP contribution is -2.28. The Hall–Kier alpha value is -2.36. The zero-order valence-corrected chi connectivity index (χ0v) is 14.7. The van der Waals surface area contributed by atoms with Crippen LogP contribution in [0.4, 0.5) is 0 Å². The summed E-state index contributed by atoms with van der Waals surface area (Å²) < 4.78 is 1.36. The molecule has 0 bridgehead atoms. The first-order chi connectivity index (χ1) is 11.4. The minimum Gasteiger partial charge on any atom is -0.506 e. The third-order valence-electron chi connectivity index (χ3n) is 4.41. The number of nitrogens with one attached hydrogen (secondary N) is 2. The van der Waals surface area contributed by atoms with E-state index < -0.39 is 0 Å². The molecule has 0 radical (unpaired) electrons. The van der Waals surface area contributed by atoms with Gasteiger partial charge in [0.25, 0.3) is 0 Å². The van der Waals surface area contributed by atoms with Gasteiger partial charge in [0.1, 0.15) is 17.1 Å². The molecule has 1 heterocycles. The summed E-state index contributed by atoms with van der Waals surface area (Å²) >= 11 is 0. The first-order valence-electron chi connectivity index (χ1n) is 8.53. The Morgan fingerprint density at radius 3 is 2.58 bits per heavy atom. The number of aromatic nitrogens is 1. The van der Waals surface area contributed by atoms with Gasteiger partial charge in [-0.2, -0.15) is 0 Å². The van der Waals surface area contributed by atoms with E-state index in [2.05, 4.69) is 31.2 Å². The van der Waals surface area contributed by atoms with Gasteiger partial charge in [-0.1, -0.05) is 45.0 Å². The van der Waals surface area contributed by atoms with Crippen molar-refractivity contribution in [3.05, 3.63) is 59.2 Å². The van der Waals surface area contributed by atoms with Gasteiger partial charge in [0.2, 0.25) is 0 Å². The summed E-state index contributed by atoms with van der Waals surface area (Å²) in [4.78, 5) is 0. The van der Waals surface area contributed by atoms with E-state index in [0.717, 1.165) is 5.92 Å². The normalized spacial score (nSPS) is 16.1. The van der Waals surface area contributed by atoms with Crippen molar-refractivity contribution >= 4 is 5.84 Å². The Kier molecular flexibility index (Phi) is 5.96. The number of fused-ring (bicyclic) bond motifs is 1. The van der Waals surface area contributed by atoms with Crippen LogP contribution < -0.4 is 5.49 Å². The largest absolute Gasteiger partial charge is 0.506 e. The Balaban J connectivity index is 0.000000175. The monoisotopic (exact) mass is 325 g/mol. The van der Waals surface area contributed by atoms with Crippen molar-refractivity contribution in [1.29, 1.82) is 10.8 Å². The molecular formula is C20H27N3O. The molecule has 1 aromatic carbocycles. The number of pyridine rings is 1. The average Bonchev–Trinajstić information content (AvgIpc) is 2.57. The molecular weight excluding hydrogens is 298 g/mol. The van der Waals surface area contributed by atoms with Crippen molar-refractivity contribution in [2.24, 2.45) is 5.92 Å². The second-order valence-corrected chi connectivity index (χ2v) is 6.67. The molecule has 1 aromatic heterocycles. The minimum atomic E-state index is 0.0379. The highest BCUT2D eigenvalue weighted by Crippen LogP contribution is 2.30. The molecule has 1 unspecified atom stereocenters. The van der Waals surface area contributed by atoms with E-state index in [1.165, 1.54) is 42.2 Å². The molecule has 1 atom stereocenters. The molecule has 2 aromatic rings. The number of benzene rings is 1. The van der Waals surface area contributed by atoms with Crippen LogP contribution in [0.15, 0.2) is 42.6 Å². The minimum absolute atomic E-state index is 0.0379. The molecule has 0 aliphatic heterocycles. The smallest absolute Gasteiger partial charge is 0.132 e. The van der Waals surface area contributed by atoms with E-state index in [0.29, 0.717) is 5.84 Å². The van der Waals surface area contributed by atoms with Gasteiger partial charge in [-0.25, -0.2) is 0 Å². The predicted molar refractivity (Wildman–Crippen MR) is 97.7 cm³/mol. The van der Waals surface area contributed by atoms with Crippen LogP contribution in [0.3, 0.4) is 0 Å². The lowest BCUT2D eigenvalue weighted by atomic mass is 9.84. The number of hydrogen-bond donors (Lipinski definition) is 3. The molecule has 0 spiro atoms. The van der Waals surface area contributed by atoms with Crippen LogP contribution in [0.1, 0.15) is 50.7 Å². The van der Waals surface area contributed by atoms with Crippen LogP contribution >= 0.6 is 0 Å². The van der Waals surface area contributed by atoms with Gasteiger partial charge in [0, 0.05) is 5.92 Å². The highest BCUT2D eigenvalue weighted by molar-refractivity contribution is 5.83. The second kappa shape index (κ2) is 7.95. The summed E-state index contributed by atoms with van der Waals surface area (Å²) in [5, 5.41) is 24.3. The molecule has 128 valence electrons. The van der Waals surface area contributed by atoms with Crippen molar-refractivity contribution < 1.29 is 5.11 Å². The van der Waals surface area contributed by atoms with Crippen LogP contribution in [0.5, 0.6) is 5.75 Å². The summed E-state index contributed by atoms with van der Waals surface area (Å²) in [6, 6.07) is 11.8. The van der Waals surface area contributed by atoms with Crippen LogP contribution in [-0.2, 0) is 6.42 Å². The summed E-state index contributed by atoms with van der Waals surface area (Å²) in [6.45, 7) is 6.08. The first-order valence-corrected chi connectivity index (χ1v) is 8.53. The Labute approximate surface area is 143 Å². The number of nitrogens with zero attached hydrogens (tertiary/aromatic N) is 1. The molecule has 0 saturated carbocycles. The van der Waals surface area contributed by atoms with Crippen molar-refractivity contribution in [2.45, 2.75) is 46.0 Å². The standard InChI is InChI=1S/C11H14.C9H13N3O/c1-9-5-4-7-10-6-2-3-8-11(9)10;1-6(2)9(11)12-5-7(13)3-4-8(12)10/h2-3,6,8-9H,4-5,7H2,1H3;3-6,10-11,13H,1-2H3. The van der Waals surface area contributed by atoms with E-state index in [1.807, 2.05) is 13.8 Å². The van der Waals surface area contributed by atoms with Crippen molar-refractivity contribution in [3.63, 3.8) is 0 Å². The summed E-state index contributed by atoms with van der Waals surface area (Å²) in [5.74, 6) is 1.21. The molecule has 24 heavy (non-hydrogen) atoms. The maximum absolute atomic E-state index is 9.17. The van der Waals surface area contributed by atoms with Crippen LogP contribution in [-0.4, -0.2) is 15.5 Å². The van der Waals surface area contributed by atoms with E-state index in [1.54, 1.807) is 11.1 Å². The Morgan fingerprint density at radius 1 is 1.21 bits per heavy atom. The third-order valence-corrected chi connectivity index (χ3v) is 4.41. The Bertz CT molecular complexity index is 761. The van der Waals surface area contributed by atoms with Crippen LogP contribution in [0.2, 0.25) is 0 Å². The number of aryl methyl sites for hydroxylation is 1. The van der Waals surface area contributed by atoms with Crippen molar-refractivity contribution in [2.75, 3.05) is 0 Å². The maximum atomic E-state index is 9.17. The summed E-state index contributed by atoms with van der Waals surface area (Å²) in [7, 11) is 0. The van der Waals surface area contributed by atoms with Crippen molar-refractivity contribution in [3.8, 4) is 5.75 Å². The fourth-order valence-electron chi connectivity index (χ4n) is 2.96. The molecule has 0 amide bonds. The molecule has 3 N–H and O–H groups in total. The predicted octanol–water partition coefficient (Wildman–Crippen LogP) is 4.28. The van der Waals surface area contributed by atoms with E-state index in [9.17, 15) is 0 Å². The summed E-state index contributed by atoms with van der Waals surface area (Å²) in [5.41, 5.74) is 3.36. The molecule has 1 aliphatic carbocycles. The molecule has 1 aliphatic rings. The van der Waals surface area contributed by atoms with Gasteiger partial charge in [0.15, 0.2) is 0 Å². The molecule has 4 nitrogen and oxygen atoms in total. The van der Waals surface area contributed by atoms with Gasteiger partial charge in [-0.3, -0.25) is 15.4 Å². The van der Waals surface area contributed by atoms with Gasteiger partial charge in [-0.15, -0.1) is 0 Å². The average molecular weight is 325 g/mol. The van der Waals surface area contributed by atoms with Gasteiger partial charge in [-0.05, 0) is 48.4 Å². The van der Waals surface area contributed by atoms with Crippen LogP contribution in [0.25, 0.3) is 0 Å². The third kappa shape index (κ3) is 4.34. The molecule has 0 fully saturated rings. The molecule has 4 heteroatoms.